The molecule has 0 unspecified atom stereocenters. The Morgan fingerprint density at radius 2 is 2.00 bits per heavy atom. The molecule has 1 heterocycles. The van der Waals surface area contributed by atoms with Crippen molar-refractivity contribution in [1.82, 2.24) is 9.55 Å². The molecule has 1 rings (SSSR count). The summed E-state index contributed by atoms with van der Waals surface area (Å²) in [6.07, 6.45) is 3.86. The Bertz CT molecular complexity index is 385. The van der Waals surface area contributed by atoms with Crippen LogP contribution in [0.25, 0.3) is 0 Å². The highest BCUT2D eigenvalue weighted by Gasteiger charge is 2.40. The second-order valence-electron chi connectivity index (χ2n) is 5.40. The van der Waals surface area contributed by atoms with E-state index in [0.717, 1.165) is 5.82 Å². The molecule has 0 bridgehead atoms. The Balaban J connectivity index is 2.85. The minimum atomic E-state index is -0.557. The van der Waals surface area contributed by atoms with Gasteiger partial charge < -0.3 is 10.3 Å². The predicted octanol–water partition coefficient (Wildman–Crippen LogP) is 1.30. The van der Waals surface area contributed by atoms with Crippen molar-refractivity contribution in [1.29, 1.82) is 0 Å². The molecule has 0 saturated heterocycles. The third-order valence-electron chi connectivity index (χ3n) is 3.55. The van der Waals surface area contributed by atoms with E-state index in [4.69, 9.17) is 5.73 Å². The summed E-state index contributed by atoms with van der Waals surface area (Å²) in [5, 5.41) is 0. The Kier molecular flexibility index (Phi) is 3.24. The van der Waals surface area contributed by atoms with Crippen LogP contribution in [-0.2, 0) is 18.3 Å². The second-order valence-corrected chi connectivity index (χ2v) is 5.40. The molecular formula is C12H21N3O. The topological polar surface area (TPSA) is 60.9 Å². The first kappa shape index (κ1) is 12.9. The lowest BCUT2D eigenvalue weighted by Gasteiger charge is -2.37. The summed E-state index contributed by atoms with van der Waals surface area (Å²) >= 11 is 0. The molecule has 0 aliphatic rings. The number of aromatic nitrogens is 2. The molecule has 1 aromatic heterocycles. The number of nitrogens with zero attached hydrogens (tertiary/aromatic N) is 2. The highest BCUT2D eigenvalue weighted by atomic mass is 16.1. The van der Waals surface area contributed by atoms with Crippen molar-refractivity contribution in [3.8, 4) is 0 Å². The van der Waals surface area contributed by atoms with Crippen molar-refractivity contribution >= 4 is 5.78 Å². The number of aryl methyl sites for hydroxylation is 1. The zero-order valence-electron chi connectivity index (χ0n) is 10.7. The molecule has 0 aliphatic carbocycles. The molecule has 0 atom stereocenters. The van der Waals surface area contributed by atoms with Crippen LogP contribution in [0.1, 0.15) is 33.5 Å². The number of nitrogens with two attached hydrogens (primary N) is 1. The van der Waals surface area contributed by atoms with Gasteiger partial charge in [0.2, 0.25) is 0 Å². The third kappa shape index (κ3) is 2.32. The van der Waals surface area contributed by atoms with E-state index in [1.54, 1.807) is 6.20 Å². The van der Waals surface area contributed by atoms with Crippen LogP contribution in [0.4, 0.5) is 0 Å². The van der Waals surface area contributed by atoms with Gasteiger partial charge in [-0.3, -0.25) is 4.79 Å². The van der Waals surface area contributed by atoms with Gasteiger partial charge >= 0.3 is 0 Å². The number of rotatable bonds is 4. The maximum absolute atomic E-state index is 12.2. The first-order valence-corrected chi connectivity index (χ1v) is 5.44. The molecule has 0 spiro atoms. The Labute approximate surface area is 96.9 Å². The van der Waals surface area contributed by atoms with Crippen LogP contribution in [0, 0.1) is 5.41 Å². The number of ketones is 1. The number of hydrogen-bond acceptors (Lipinski definition) is 3. The standard InChI is InChI=1S/C12H21N3O/c1-11(2,12(3,4)13)9(16)8-10-14-6-7-15(10)5/h6-7H,8,13H2,1-5H3. The van der Waals surface area contributed by atoms with Crippen molar-refractivity contribution in [2.75, 3.05) is 0 Å². The van der Waals surface area contributed by atoms with Crippen molar-refractivity contribution in [2.24, 2.45) is 18.2 Å². The van der Waals surface area contributed by atoms with E-state index in [0.29, 0.717) is 6.42 Å². The molecular weight excluding hydrogens is 202 g/mol. The predicted molar refractivity (Wildman–Crippen MR) is 64.0 cm³/mol. The van der Waals surface area contributed by atoms with Gasteiger partial charge in [0.25, 0.3) is 0 Å². The summed E-state index contributed by atoms with van der Waals surface area (Å²) in [5.41, 5.74) is 4.94. The van der Waals surface area contributed by atoms with E-state index in [1.165, 1.54) is 0 Å². The second kappa shape index (κ2) is 4.01. The lowest BCUT2D eigenvalue weighted by atomic mass is 9.71. The first-order valence-electron chi connectivity index (χ1n) is 5.44. The van der Waals surface area contributed by atoms with Crippen LogP contribution in [-0.4, -0.2) is 20.9 Å². The molecule has 4 heteroatoms. The van der Waals surface area contributed by atoms with Crippen LogP contribution in [0.3, 0.4) is 0 Å². The van der Waals surface area contributed by atoms with E-state index < -0.39 is 11.0 Å². The van der Waals surface area contributed by atoms with Gasteiger partial charge in [-0.15, -0.1) is 0 Å². The van der Waals surface area contributed by atoms with E-state index in [1.807, 2.05) is 45.5 Å². The van der Waals surface area contributed by atoms with Gasteiger partial charge in [-0.05, 0) is 13.8 Å². The molecule has 0 saturated carbocycles. The van der Waals surface area contributed by atoms with E-state index in [-0.39, 0.29) is 5.78 Å². The smallest absolute Gasteiger partial charge is 0.147 e. The first-order chi connectivity index (χ1) is 7.16. The third-order valence-corrected chi connectivity index (χ3v) is 3.55. The molecule has 0 aromatic carbocycles. The Hall–Kier alpha value is -1.16. The summed E-state index contributed by atoms with van der Waals surface area (Å²) in [6, 6.07) is 0. The summed E-state index contributed by atoms with van der Waals surface area (Å²) in [5.74, 6) is 0.900. The quantitative estimate of drug-likeness (QED) is 0.836. The van der Waals surface area contributed by atoms with E-state index in [9.17, 15) is 4.79 Å². The molecule has 0 fully saturated rings. The van der Waals surface area contributed by atoms with Crippen LogP contribution in [0.5, 0.6) is 0 Å². The number of hydrogen-bond donors (Lipinski definition) is 1. The van der Waals surface area contributed by atoms with Gasteiger partial charge in [0.05, 0.1) is 6.42 Å². The Morgan fingerprint density at radius 3 is 2.38 bits per heavy atom. The number of carbonyl (C=O) groups excluding carboxylic acids is 1. The van der Waals surface area contributed by atoms with E-state index >= 15 is 0 Å². The molecule has 16 heavy (non-hydrogen) atoms. The fraction of sp³-hybridized carbons (Fsp3) is 0.667. The summed E-state index contributed by atoms with van der Waals surface area (Å²) in [7, 11) is 1.89. The summed E-state index contributed by atoms with van der Waals surface area (Å²) < 4.78 is 1.86. The van der Waals surface area contributed by atoms with Gasteiger partial charge in [0, 0.05) is 30.4 Å². The largest absolute Gasteiger partial charge is 0.338 e. The van der Waals surface area contributed by atoms with E-state index in [2.05, 4.69) is 4.98 Å². The molecule has 90 valence electrons. The SMILES string of the molecule is Cn1ccnc1CC(=O)C(C)(C)C(C)(C)N. The normalized spacial score (nSPS) is 12.9. The van der Waals surface area contributed by atoms with Crippen LogP contribution < -0.4 is 5.73 Å². The highest BCUT2D eigenvalue weighted by molar-refractivity contribution is 5.86. The van der Waals surface area contributed by atoms with Crippen LogP contribution in [0.15, 0.2) is 12.4 Å². The molecule has 4 nitrogen and oxygen atoms in total. The zero-order chi connectivity index (χ0) is 12.6. The van der Waals surface area contributed by atoms with Gasteiger partial charge in [0.15, 0.2) is 0 Å². The highest BCUT2D eigenvalue weighted by Crippen LogP contribution is 2.30. The van der Waals surface area contributed by atoms with Gasteiger partial charge in [-0.1, -0.05) is 13.8 Å². The maximum Gasteiger partial charge on any atom is 0.147 e. The lowest BCUT2D eigenvalue weighted by molar-refractivity contribution is -0.129. The lowest BCUT2D eigenvalue weighted by Crippen LogP contribution is -2.52. The minimum absolute atomic E-state index is 0.120. The molecule has 1 aromatic rings. The molecule has 0 radical (unpaired) electrons. The Morgan fingerprint density at radius 1 is 1.44 bits per heavy atom. The maximum atomic E-state index is 12.2. The average Bonchev–Trinajstić information content (AvgIpc) is 2.49. The number of carbonyl (C=O) groups is 1. The molecule has 2 N–H and O–H groups in total. The van der Waals surface area contributed by atoms with Gasteiger partial charge in [0.1, 0.15) is 11.6 Å². The van der Waals surface area contributed by atoms with Crippen molar-refractivity contribution in [2.45, 2.75) is 39.7 Å². The molecule has 0 amide bonds. The summed E-state index contributed by atoms with van der Waals surface area (Å²) in [6.45, 7) is 7.53. The molecule has 0 aliphatic heterocycles. The zero-order valence-corrected chi connectivity index (χ0v) is 10.7. The number of Topliss-reactive ketones (excluding diaryl/α,β-unsaturated/α-hetero) is 1. The van der Waals surface area contributed by atoms with Crippen LogP contribution >= 0.6 is 0 Å². The fourth-order valence-corrected chi connectivity index (χ4v) is 1.29. The van der Waals surface area contributed by atoms with Crippen molar-refractivity contribution in [3.05, 3.63) is 18.2 Å². The van der Waals surface area contributed by atoms with Crippen molar-refractivity contribution < 1.29 is 4.79 Å². The van der Waals surface area contributed by atoms with Crippen molar-refractivity contribution in [3.63, 3.8) is 0 Å². The van der Waals surface area contributed by atoms with Crippen LogP contribution in [0.2, 0.25) is 0 Å². The van der Waals surface area contributed by atoms with Gasteiger partial charge in [-0.2, -0.15) is 0 Å². The minimum Gasteiger partial charge on any atom is -0.338 e. The number of imidazole rings is 1. The summed E-state index contributed by atoms with van der Waals surface area (Å²) in [4.78, 5) is 16.4. The average molecular weight is 223 g/mol. The fourth-order valence-electron chi connectivity index (χ4n) is 1.29. The monoisotopic (exact) mass is 223 g/mol. The van der Waals surface area contributed by atoms with Gasteiger partial charge in [-0.25, -0.2) is 4.98 Å².